The highest BCUT2D eigenvalue weighted by molar-refractivity contribution is 7.15. The lowest BCUT2D eigenvalue weighted by Gasteiger charge is -2.13. The zero-order valence-corrected chi connectivity index (χ0v) is 15.4. The van der Waals surface area contributed by atoms with Gasteiger partial charge < -0.3 is 10.6 Å². The van der Waals surface area contributed by atoms with Crippen LogP contribution in [0.3, 0.4) is 0 Å². The molecule has 134 valence electrons. The summed E-state index contributed by atoms with van der Waals surface area (Å²) in [6.07, 6.45) is 0. The van der Waals surface area contributed by atoms with Gasteiger partial charge >= 0.3 is 0 Å². The van der Waals surface area contributed by atoms with Gasteiger partial charge in [0.1, 0.15) is 16.6 Å². The van der Waals surface area contributed by atoms with E-state index in [9.17, 15) is 9.18 Å². The van der Waals surface area contributed by atoms with Gasteiger partial charge in [-0.05, 0) is 50.2 Å². The van der Waals surface area contributed by atoms with Crippen molar-refractivity contribution in [1.29, 1.82) is 0 Å². The van der Waals surface area contributed by atoms with E-state index in [4.69, 9.17) is 0 Å². The number of nitrogens with zero attached hydrogens (tertiary/aromatic N) is 3. The molecule has 1 aromatic carbocycles. The van der Waals surface area contributed by atoms with Gasteiger partial charge in [-0.3, -0.25) is 4.79 Å². The third-order valence-electron chi connectivity index (χ3n) is 3.81. The monoisotopic (exact) mass is 371 g/mol. The Morgan fingerprint density at radius 1 is 1.15 bits per heavy atom. The highest BCUT2D eigenvalue weighted by atomic mass is 32.1. The summed E-state index contributed by atoms with van der Waals surface area (Å²) in [7, 11) is 1.55. The lowest BCUT2D eigenvalue weighted by molar-refractivity contribution is 0.0957. The van der Waals surface area contributed by atoms with Crippen molar-refractivity contribution >= 4 is 23.1 Å². The average molecular weight is 371 g/mol. The number of hydrogen-bond acceptors (Lipinski definition) is 6. The molecule has 0 bridgehead atoms. The first-order valence-electron chi connectivity index (χ1n) is 8.03. The van der Waals surface area contributed by atoms with Gasteiger partial charge in [0.15, 0.2) is 5.69 Å². The highest BCUT2D eigenvalue weighted by Gasteiger charge is 2.16. The van der Waals surface area contributed by atoms with Crippen molar-refractivity contribution in [2.24, 2.45) is 0 Å². The summed E-state index contributed by atoms with van der Waals surface area (Å²) in [6, 6.07) is 9.59. The number of aryl methyl sites for hydroxylation is 1. The quantitative estimate of drug-likeness (QED) is 0.717. The van der Waals surface area contributed by atoms with E-state index in [-0.39, 0.29) is 23.5 Å². The van der Waals surface area contributed by atoms with Gasteiger partial charge in [0.2, 0.25) is 0 Å². The maximum Gasteiger partial charge on any atom is 0.271 e. The predicted octanol–water partition coefficient (Wildman–Crippen LogP) is 3.58. The topological polar surface area (TPSA) is 79.8 Å². The molecular formula is C18H18FN5OS. The van der Waals surface area contributed by atoms with Crippen LogP contribution in [-0.2, 0) is 0 Å². The van der Waals surface area contributed by atoms with Crippen molar-refractivity contribution in [3.8, 4) is 10.6 Å². The molecule has 0 aliphatic heterocycles. The Bertz CT molecular complexity index is 908. The van der Waals surface area contributed by atoms with Gasteiger partial charge in [0.05, 0.1) is 11.7 Å². The summed E-state index contributed by atoms with van der Waals surface area (Å²) < 4.78 is 13.1. The number of halogens is 1. The lowest BCUT2D eigenvalue weighted by Crippen LogP contribution is -2.20. The first kappa shape index (κ1) is 17.9. The summed E-state index contributed by atoms with van der Waals surface area (Å²) in [6.45, 7) is 3.95. The maximum absolute atomic E-state index is 13.1. The Hall–Kier alpha value is -2.87. The van der Waals surface area contributed by atoms with E-state index in [2.05, 4.69) is 25.8 Å². The van der Waals surface area contributed by atoms with Crippen molar-refractivity contribution in [3.05, 3.63) is 58.5 Å². The van der Waals surface area contributed by atoms with Crippen LogP contribution in [0.5, 0.6) is 0 Å². The Balaban J connectivity index is 1.76. The molecule has 0 saturated heterocycles. The Kier molecular flexibility index (Phi) is 5.22. The second-order valence-corrected chi connectivity index (χ2v) is 6.76. The molecule has 26 heavy (non-hydrogen) atoms. The molecule has 2 aromatic heterocycles. The molecule has 2 heterocycles. The van der Waals surface area contributed by atoms with Crippen LogP contribution in [0, 0.1) is 12.7 Å². The molecule has 8 heteroatoms. The first-order valence-corrected chi connectivity index (χ1v) is 8.85. The fourth-order valence-electron chi connectivity index (χ4n) is 2.47. The van der Waals surface area contributed by atoms with Crippen LogP contribution in [0.4, 0.5) is 10.2 Å². The Labute approximate surface area is 154 Å². The molecule has 2 N–H and O–H groups in total. The number of nitrogens with one attached hydrogen (secondary N) is 2. The number of aromatic nitrogens is 3. The van der Waals surface area contributed by atoms with E-state index >= 15 is 0 Å². The number of amides is 1. The normalized spacial score (nSPS) is 11.8. The van der Waals surface area contributed by atoms with Crippen LogP contribution in [0.15, 0.2) is 36.4 Å². The van der Waals surface area contributed by atoms with Crippen molar-refractivity contribution < 1.29 is 9.18 Å². The molecule has 0 radical (unpaired) electrons. The number of benzene rings is 1. The Morgan fingerprint density at radius 2 is 1.88 bits per heavy atom. The van der Waals surface area contributed by atoms with E-state index in [0.29, 0.717) is 5.82 Å². The maximum atomic E-state index is 13.1. The number of anilines is 1. The van der Waals surface area contributed by atoms with Crippen LogP contribution >= 0.6 is 11.3 Å². The molecule has 3 aromatic rings. The van der Waals surface area contributed by atoms with Crippen LogP contribution < -0.4 is 10.6 Å². The molecule has 1 amide bonds. The minimum Gasteiger partial charge on any atom is -0.361 e. The number of carbonyl (C=O) groups excluding carboxylic acids is 1. The fraction of sp³-hybridized carbons (Fsp3) is 0.222. The molecule has 1 unspecified atom stereocenters. The average Bonchev–Trinajstić information content (AvgIpc) is 3.04. The number of thiazole rings is 1. The lowest BCUT2D eigenvalue weighted by atomic mass is 10.2. The van der Waals surface area contributed by atoms with Gasteiger partial charge in [-0.1, -0.05) is 0 Å². The van der Waals surface area contributed by atoms with Crippen molar-refractivity contribution in [2.45, 2.75) is 19.9 Å². The fourth-order valence-corrected chi connectivity index (χ4v) is 3.55. The molecular weight excluding hydrogens is 353 g/mol. The number of rotatable bonds is 5. The van der Waals surface area contributed by atoms with E-state index < -0.39 is 0 Å². The van der Waals surface area contributed by atoms with Crippen molar-refractivity contribution in [1.82, 2.24) is 20.5 Å². The standard InChI is InChI=1S/C18H18FN5OS/c1-10(21-15-9-8-14(23-24-15)17(25)20-3)16-11(2)22-18(26-16)12-4-6-13(19)7-5-12/h4-10H,1-3H3,(H,20,25)(H,21,24). The van der Waals surface area contributed by atoms with Gasteiger partial charge in [0.25, 0.3) is 5.91 Å². The minimum atomic E-state index is -0.278. The first-order chi connectivity index (χ1) is 12.5. The van der Waals surface area contributed by atoms with Gasteiger partial charge in [0, 0.05) is 17.5 Å². The van der Waals surface area contributed by atoms with Crippen LogP contribution in [0.2, 0.25) is 0 Å². The smallest absolute Gasteiger partial charge is 0.271 e. The van der Waals surface area contributed by atoms with Crippen LogP contribution in [0.1, 0.15) is 34.0 Å². The van der Waals surface area contributed by atoms with E-state index in [1.54, 1.807) is 42.6 Å². The summed E-state index contributed by atoms with van der Waals surface area (Å²) in [5, 5.41) is 14.6. The second-order valence-electron chi connectivity index (χ2n) is 5.72. The molecule has 0 saturated carbocycles. The largest absolute Gasteiger partial charge is 0.361 e. The number of carbonyl (C=O) groups is 1. The number of hydrogen-bond donors (Lipinski definition) is 2. The molecule has 3 rings (SSSR count). The molecule has 0 fully saturated rings. The summed E-state index contributed by atoms with van der Waals surface area (Å²) >= 11 is 1.55. The van der Waals surface area contributed by atoms with Crippen molar-refractivity contribution in [2.75, 3.05) is 12.4 Å². The zero-order valence-electron chi connectivity index (χ0n) is 14.6. The van der Waals surface area contributed by atoms with E-state index in [0.717, 1.165) is 21.1 Å². The van der Waals surface area contributed by atoms with Gasteiger partial charge in [-0.25, -0.2) is 9.37 Å². The van der Waals surface area contributed by atoms with Gasteiger partial charge in [-0.15, -0.1) is 21.5 Å². The van der Waals surface area contributed by atoms with Crippen LogP contribution in [-0.4, -0.2) is 28.1 Å². The molecule has 0 aliphatic rings. The molecule has 1 atom stereocenters. The molecule has 6 nitrogen and oxygen atoms in total. The predicted molar refractivity (Wildman–Crippen MR) is 99.7 cm³/mol. The van der Waals surface area contributed by atoms with E-state index in [1.807, 2.05) is 13.8 Å². The molecule has 0 spiro atoms. The van der Waals surface area contributed by atoms with E-state index in [1.165, 1.54) is 12.1 Å². The summed E-state index contributed by atoms with van der Waals surface area (Å²) in [4.78, 5) is 17.2. The Morgan fingerprint density at radius 3 is 2.50 bits per heavy atom. The summed E-state index contributed by atoms with van der Waals surface area (Å²) in [5.41, 5.74) is 2.05. The second kappa shape index (κ2) is 7.57. The third-order valence-corrected chi connectivity index (χ3v) is 5.19. The minimum absolute atomic E-state index is 0.0400. The third kappa shape index (κ3) is 3.85. The summed E-state index contributed by atoms with van der Waals surface area (Å²) in [5.74, 6) is 0.0247. The highest BCUT2D eigenvalue weighted by Crippen LogP contribution is 2.33. The SMILES string of the molecule is CNC(=O)c1ccc(NC(C)c2sc(-c3ccc(F)cc3)nc2C)nn1. The molecule has 0 aliphatic carbocycles. The van der Waals surface area contributed by atoms with Crippen LogP contribution in [0.25, 0.3) is 10.6 Å². The zero-order chi connectivity index (χ0) is 18.7. The van der Waals surface area contributed by atoms with Gasteiger partial charge in [-0.2, -0.15) is 0 Å². The van der Waals surface area contributed by atoms with Crippen molar-refractivity contribution in [3.63, 3.8) is 0 Å².